The number of piperazine rings is 1. The lowest BCUT2D eigenvalue weighted by Crippen LogP contribution is -2.62. The third-order valence-electron chi connectivity index (χ3n) is 15.8. The summed E-state index contributed by atoms with van der Waals surface area (Å²) in [4.78, 5) is 19.0. The van der Waals surface area contributed by atoms with Crippen molar-refractivity contribution in [1.29, 1.82) is 0 Å². The molecule has 0 radical (unpaired) electrons. The number of ether oxygens (including phenoxy) is 1. The number of nitrogens with one attached hydrogen (secondary N) is 1. The average Bonchev–Trinajstić information content (AvgIpc) is 3.77. The summed E-state index contributed by atoms with van der Waals surface area (Å²) in [6.45, 7) is 75.7. The highest BCUT2D eigenvalue weighted by molar-refractivity contribution is 4.94. The number of halogens is 3. The molecule has 0 saturated carbocycles. The highest BCUT2D eigenvalue weighted by Crippen LogP contribution is 2.32. The predicted molar refractivity (Wildman–Crippen MR) is 321 cm³/mol. The van der Waals surface area contributed by atoms with Gasteiger partial charge in [-0.2, -0.15) is 0 Å². The summed E-state index contributed by atoms with van der Waals surface area (Å²) in [6.07, 6.45) is 7.87. The van der Waals surface area contributed by atoms with Gasteiger partial charge in [0, 0.05) is 110 Å². The molecule has 8 fully saturated rings. The topological polar surface area (TPSA) is 47.2 Å². The summed E-state index contributed by atoms with van der Waals surface area (Å²) in [5.41, 5.74) is 2.41. The molecule has 75 heavy (non-hydrogen) atoms. The molecule has 10 nitrogen and oxygen atoms in total. The van der Waals surface area contributed by atoms with Crippen molar-refractivity contribution in [2.45, 2.75) is 268 Å². The fourth-order valence-corrected chi connectivity index (χ4v) is 9.72. The number of rotatable bonds is 0. The van der Waals surface area contributed by atoms with Crippen molar-refractivity contribution in [2.75, 3.05) is 131 Å². The van der Waals surface area contributed by atoms with E-state index in [1.165, 1.54) is 104 Å². The normalized spacial score (nSPS) is 23.7. The first-order chi connectivity index (χ1) is 33.8. The molecule has 0 aromatic carbocycles. The maximum absolute atomic E-state index is 12.3. The molecular weight excluding hydrogens is 944 g/mol. The van der Waals surface area contributed by atoms with Gasteiger partial charge in [0.25, 0.3) is 5.92 Å². The molecule has 0 aromatic rings. The van der Waals surface area contributed by atoms with Gasteiger partial charge in [0.1, 0.15) is 6.17 Å². The molecule has 450 valence electrons. The number of piperidine rings is 1. The summed E-state index contributed by atoms with van der Waals surface area (Å²) in [5.74, 6) is -1.49. The fourth-order valence-electron chi connectivity index (χ4n) is 9.72. The van der Waals surface area contributed by atoms with Crippen LogP contribution in [-0.4, -0.2) is 227 Å². The second-order valence-electron chi connectivity index (χ2n) is 31.0. The molecule has 8 rings (SSSR count). The average molecular weight is 1070 g/mol. The first-order valence-electron chi connectivity index (χ1n) is 30.1. The zero-order valence-electron chi connectivity index (χ0n) is 54.7. The van der Waals surface area contributed by atoms with Gasteiger partial charge in [-0.1, -0.05) is 13.3 Å². The lowest BCUT2D eigenvalue weighted by molar-refractivity contribution is -0.160. The van der Waals surface area contributed by atoms with Crippen LogP contribution in [-0.2, 0) is 4.74 Å². The number of morpholine rings is 1. The van der Waals surface area contributed by atoms with E-state index >= 15 is 0 Å². The molecule has 13 heteroatoms. The Hall–Kier alpha value is -0.610. The smallest absolute Gasteiger partial charge is 0.272 e. The second-order valence-corrected chi connectivity index (χ2v) is 31.0. The molecular formula is C62H130F3N9O. The van der Waals surface area contributed by atoms with Crippen LogP contribution < -0.4 is 5.32 Å². The van der Waals surface area contributed by atoms with E-state index in [4.69, 9.17) is 4.74 Å². The summed E-state index contributed by atoms with van der Waals surface area (Å²) in [6, 6.07) is 0. The van der Waals surface area contributed by atoms with Gasteiger partial charge in [0.2, 0.25) is 0 Å². The molecule has 8 heterocycles. The fraction of sp³-hybridized carbons (Fsp3) is 1.00. The number of hydrogen-bond acceptors (Lipinski definition) is 10. The Morgan fingerprint density at radius 3 is 0.787 bits per heavy atom. The lowest BCUT2D eigenvalue weighted by atomic mass is 9.94. The summed E-state index contributed by atoms with van der Waals surface area (Å²) in [7, 11) is 0. The van der Waals surface area contributed by atoms with E-state index in [0.717, 1.165) is 45.3 Å². The van der Waals surface area contributed by atoms with E-state index in [0.29, 0.717) is 46.3 Å². The number of alkyl halides is 3. The highest BCUT2D eigenvalue weighted by atomic mass is 19.3. The number of likely N-dealkylation sites (tertiary alicyclic amines) is 6. The van der Waals surface area contributed by atoms with Gasteiger partial charge in [-0.15, -0.1) is 0 Å². The van der Waals surface area contributed by atoms with Gasteiger partial charge in [-0.3, -0.25) is 39.2 Å². The summed E-state index contributed by atoms with van der Waals surface area (Å²) < 4.78 is 42.1. The minimum Gasteiger partial charge on any atom is -0.379 e. The maximum Gasteiger partial charge on any atom is 0.272 e. The van der Waals surface area contributed by atoms with Gasteiger partial charge >= 0.3 is 0 Å². The first-order valence-corrected chi connectivity index (χ1v) is 30.1. The zero-order chi connectivity index (χ0) is 58.1. The SMILES string of the molecule is CC(C)(C)N1CC(F)(F)C1.CC(C)(C)N1CC(F)C1.CC(C)(C)N1CCC1.CC(C)(C)N1CCCC1.CC(C)(C)N1CCCCC1.CC(C)(C)N1CCNCC1.CC(C)(C)N1CCOCC1.CC1CN(C(C)(C)C)C1. The minimum absolute atomic E-state index is 0.0729. The van der Waals surface area contributed by atoms with E-state index < -0.39 is 12.1 Å². The van der Waals surface area contributed by atoms with Crippen LogP contribution in [0.5, 0.6) is 0 Å². The number of nitrogens with zero attached hydrogens (tertiary/aromatic N) is 8. The molecule has 0 amide bonds. The largest absolute Gasteiger partial charge is 0.379 e. The van der Waals surface area contributed by atoms with Crippen molar-refractivity contribution in [3.8, 4) is 0 Å². The molecule has 0 atom stereocenters. The van der Waals surface area contributed by atoms with E-state index in [2.05, 4.69) is 192 Å². The molecule has 8 saturated heterocycles. The van der Waals surface area contributed by atoms with Crippen molar-refractivity contribution in [3.63, 3.8) is 0 Å². The Morgan fingerprint density at radius 1 is 0.347 bits per heavy atom. The van der Waals surface area contributed by atoms with Crippen LogP contribution >= 0.6 is 0 Å². The molecule has 0 aliphatic carbocycles. The molecule has 1 N–H and O–H groups in total. The third kappa shape index (κ3) is 30.7. The van der Waals surface area contributed by atoms with Gasteiger partial charge in [0.15, 0.2) is 0 Å². The van der Waals surface area contributed by atoms with Gasteiger partial charge < -0.3 is 10.1 Å². The van der Waals surface area contributed by atoms with E-state index in [-0.39, 0.29) is 24.2 Å². The monoisotopic (exact) mass is 1070 g/mol. The highest BCUT2D eigenvalue weighted by Gasteiger charge is 2.47. The van der Waals surface area contributed by atoms with Gasteiger partial charge in [0.05, 0.1) is 26.3 Å². The lowest BCUT2D eigenvalue weighted by Gasteiger charge is -2.47. The molecule has 8 aliphatic heterocycles. The van der Waals surface area contributed by atoms with Crippen LogP contribution in [0.1, 0.15) is 212 Å². The second kappa shape index (κ2) is 31.0. The van der Waals surface area contributed by atoms with Crippen LogP contribution in [0.2, 0.25) is 0 Å². The van der Waals surface area contributed by atoms with E-state index in [1.54, 1.807) is 4.90 Å². The van der Waals surface area contributed by atoms with Crippen LogP contribution in [0.3, 0.4) is 0 Å². The first kappa shape index (κ1) is 72.4. The Kier molecular flexibility index (Phi) is 29.9. The van der Waals surface area contributed by atoms with Crippen molar-refractivity contribution < 1.29 is 17.9 Å². The van der Waals surface area contributed by atoms with Gasteiger partial charge in [-0.25, -0.2) is 13.2 Å². The van der Waals surface area contributed by atoms with Crippen molar-refractivity contribution in [2.24, 2.45) is 5.92 Å². The quantitative estimate of drug-likeness (QED) is 0.254. The zero-order valence-corrected chi connectivity index (χ0v) is 54.7. The standard InChI is InChI=1S/C9H19N.C8H18N2.C8H17NO.2C8H17N.C7H13F2N.C7H14FN.C7H15N/c1-9(2,3)10-7-5-4-6-8-10;1-8(2,3)10-6-4-9-5-7-10;1-8(2,3)9-4-6-10-7-5-9;1-7-5-9(6-7)8(2,3)4;1-8(2,3)9-6-4-5-7-9;1-6(2,3)10-4-7(8,9)5-10;1-7(2,3)9-4-6(8)5-9;1-7(2,3)8-5-4-6-8/h4-8H2,1-3H3;9H,4-7H2,1-3H3;4-7H2,1-3H3;7H,5-6H2,1-4H3;4-7H2,1-3H3;4-5H2,1-3H3;6H,4-5H2,1-3H3;4-6H2,1-3H3. The van der Waals surface area contributed by atoms with Crippen molar-refractivity contribution in [1.82, 2.24) is 44.5 Å². The van der Waals surface area contributed by atoms with Crippen LogP contribution in [0, 0.1) is 5.92 Å². The molecule has 0 unspecified atom stereocenters. The molecule has 0 aromatic heterocycles. The number of hydrogen-bond donors (Lipinski definition) is 1. The maximum atomic E-state index is 12.3. The predicted octanol–water partition coefficient (Wildman–Crippen LogP) is 12.4. The summed E-state index contributed by atoms with van der Waals surface area (Å²) in [5, 5.41) is 3.35. The van der Waals surface area contributed by atoms with E-state index in [1.807, 2.05) is 20.8 Å². The van der Waals surface area contributed by atoms with Crippen LogP contribution in [0.4, 0.5) is 13.2 Å². The summed E-state index contributed by atoms with van der Waals surface area (Å²) >= 11 is 0. The third-order valence-corrected chi connectivity index (χ3v) is 15.8. The molecule has 8 aliphatic rings. The van der Waals surface area contributed by atoms with Crippen molar-refractivity contribution in [3.05, 3.63) is 0 Å². The van der Waals surface area contributed by atoms with Gasteiger partial charge in [-0.05, 0) is 243 Å². The van der Waals surface area contributed by atoms with Crippen LogP contribution in [0.25, 0.3) is 0 Å². The molecule has 0 spiro atoms. The molecule has 0 bridgehead atoms. The van der Waals surface area contributed by atoms with Crippen LogP contribution in [0.15, 0.2) is 0 Å². The Labute approximate surface area is 465 Å². The Balaban J connectivity index is 0.000000429. The Morgan fingerprint density at radius 2 is 0.613 bits per heavy atom. The van der Waals surface area contributed by atoms with E-state index in [9.17, 15) is 13.2 Å². The minimum atomic E-state index is -2.42. The van der Waals surface area contributed by atoms with Crippen molar-refractivity contribution >= 4 is 0 Å². The Bertz CT molecular complexity index is 1370.